The molecule has 0 saturated heterocycles. The van der Waals surface area contributed by atoms with Crippen LogP contribution in [0.15, 0.2) is 97.2 Å². The third kappa shape index (κ3) is 69.0. The number of esters is 3. The molecule has 6 heteroatoms. The van der Waals surface area contributed by atoms with E-state index in [1.807, 2.05) is 0 Å². The first kappa shape index (κ1) is 79.3. The summed E-state index contributed by atoms with van der Waals surface area (Å²) in [5, 5.41) is 0. The largest absolute Gasteiger partial charge is 0.462 e. The number of rotatable bonds is 65. The molecule has 6 nitrogen and oxygen atoms in total. The number of carbonyl (C=O) groups is 3. The van der Waals surface area contributed by atoms with Gasteiger partial charge < -0.3 is 14.2 Å². The van der Waals surface area contributed by atoms with Crippen molar-refractivity contribution in [2.75, 3.05) is 13.2 Å². The van der Waals surface area contributed by atoms with Crippen LogP contribution in [0.3, 0.4) is 0 Å². The molecule has 0 aromatic heterocycles. The minimum atomic E-state index is -0.791. The smallest absolute Gasteiger partial charge is 0.306 e. The Kier molecular flexibility index (Phi) is 67.7. The van der Waals surface area contributed by atoms with Crippen molar-refractivity contribution < 1.29 is 28.6 Å². The van der Waals surface area contributed by atoms with E-state index in [0.717, 1.165) is 128 Å². The van der Waals surface area contributed by atoms with Gasteiger partial charge >= 0.3 is 17.9 Å². The van der Waals surface area contributed by atoms with E-state index in [9.17, 15) is 14.4 Å². The summed E-state index contributed by atoms with van der Waals surface area (Å²) in [4.78, 5) is 38.4. The molecule has 1 atom stereocenters. The van der Waals surface area contributed by atoms with Crippen LogP contribution in [0.1, 0.15) is 355 Å². The summed E-state index contributed by atoms with van der Waals surface area (Å²) in [5.74, 6) is -0.897. The SMILES string of the molecule is CC/C=C\C/C=C\C/C=C\CCCCCCCCCC(=O)OC(COC(=O)CCCCCCC/C=C\C/C=C\C/C=C\CC)COC(=O)CCCCCCCCCCCCCCCCCCCCCCC/C=C\C/C=C\CCCCCCC. The van der Waals surface area contributed by atoms with Crippen molar-refractivity contribution in [3.05, 3.63) is 97.2 Å². The molecule has 0 fully saturated rings. The van der Waals surface area contributed by atoms with E-state index < -0.39 is 6.10 Å². The van der Waals surface area contributed by atoms with Crippen LogP contribution in [0.4, 0.5) is 0 Å². The predicted octanol–water partition coefficient (Wildman–Crippen LogP) is 24.8. The van der Waals surface area contributed by atoms with Crippen molar-refractivity contribution >= 4 is 17.9 Å². The second-order valence-corrected chi connectivity index (χ2v) is 23.7. The van der Waals surface area contributed by atoms with E-state index in [-0.39, 0.29) is 31.1 Å². The van der Waals surface area contributed by atoms with Crippen molar-refractivity contribution in [2.24, 2.45) is 0 Å². The van der Waals surface area contributed by atoms with Gasteiger partial charge in [0.1, 0.15) is 13.2 Å². The monoisotopic (exact) mass is 1160 g/mol. The molecule has 0 rings (SSSR count). The number of carbonyl (C=O) groups excluding carboxylic acids is 3. The van der Waals surface area contributed by atoms with E-state index in [1.54, 1.807) is 0 Å². The molecule has 0 aromatic carbocycles. The van der Waals surface area contributed by atoms with Gasteiger partial charge in [0.05, 0.1) is 0 Å². The van der Waals surface area contributed by atoms with Gasteiger partial charge in [0.25, 0.3) is 0 Å². The minimum Gasteiger partial charge on any atom is -0.462 e. The minimum absolute atomic E-state index is 0.0847. The van der Waals surface area contributed by atoms with Crippen LogP contribution >= 0.6 is 0 Å². The van der Waals surface area contributed by atoms with Crippen LogP contribution in [0.25, 0.3) is 0 Å². The molecule has 0 saturated carbocycles. The molecule has 0 spiro atoms. The topological polar surface area (TPSA) is 78.9 Å². The average Bonchev–Trinajstić information content (AvgIpc) is 3.49. The number of hydrogen-bond acceptors (Lipinski definition) is 6. The van der Waals surface area contributed by atoms with Gasteiger partial charge in [-0.3, -0.25) is 14.4 Å². The van der Waals surface area contributed by atoms with E-state index in [1.165, 1.54) is 186 Å². The summed E-state index contributed by atoms with van der Waals surface area (Å²) < 4.78 is 17.0. The second-order valence-electron chi connectivity index (χ2n) is 23.7. The Morgan fingerprint density at radius 1 is 0.253 bits per heavy atom. The van der Waals surface area contributed by atoms with E-state index >= 15 is 0 Å². The molecule has 0 aromatic rings. The molecule has 0 bridgehead atoms. The van der Waals surface area contributed by atoms with Gasteiger partial charge in [0, 0.05) is 19.3 Å². The zero-order valence-corrected chi connectivity index (χ0v) is 54.9. The van der Waals surface area contributed by atoms with Gasteiger partial charge in [-0.25, -0.2) is 0 Å². The zero-order chi connectivity index (χ0) is 59.9. The second kappa shape index (κ2) is 70.8. The normalized spacial score (nSPS) is 12.7. The third-order valence-electron chi connectivity index (χ3n) is 15.6. The summed E-state index contributed by atoms with van der Waals surface area (Å²) in [7, 11) is 0. The fourth-order valence-electron chi connectivity index (χ4n) is 10.3. The van der Waals surface area contributed by atoms with Crippen molar-refractivity contribution in [3.63, 3.8) is 0 Å². The molecule has 0 aliphatic rings. The molecule has 0 N–H and O–H groups in total. The Morgan fingerprint density at radius 2 is 0.470 bits per heavy atom. The maximum Gasteiger partial charge on any atom is 0.306 e. The van der Waals surface area contributed by atoms with E-state index in [4.69, 9.17) is 14.2 Å². The standard InChI is InChI=1S/C77H134O6/c1-4-7-10-13-16-19-22-25-28-30-31-32-33-34-35-36-37-38-39-40-41-42-43-44-45-47-49-52-55-58-61-64-67-70-76(79)82-73-74(72-81-75(78)69-66-63-60-57-54-51-48-27-24-21-18-15-12-9-6-3)83-77(80)71-68-65-62-59-56-53-50-46-29-26-23-20-17-14-11-8-5-2/h8-9,11-12,17-18,20-22,25-27,29-31,48,74H,4-7,10,13-16,19,23-24,28,32-47,49-73H2,1-3H3/b11-8-,12-9-,20-17-,21-18-,25-22-,29-26-,31-30-,48-27-. The Bertz CT molecular complexity index is 1610. The lowest BCUT2D eigenvalue weighted by atomic mass is 10.0. The molecular weight excluding hydrogens is 1020 g/mol. The van der Waals surface area contributed by atoms with Crippen LogP contribution in [-0.2, 0) is 28.6 Å². The van der Waals surface area contributed by atoms with Crippen molar-refractivity contribution in [2.45, 2.75) is 361 Å². The lowest BCUT2D eigenvalue weighted by molar-refractivity contribution is -0.167. The Labute approximate surface area is 515 Å². The highest BCUT2D eigenvalue weighted by Gasteiger charge is 2.19. The highest BCUT2D eigenvalue weighted by molar-refractivity contribution is 5.71. The Balaban J connectivity index is 4.18. The van der Waals surface area contributed by atoms with E-state index in [0.29, 0.717) is 19.3 Å². The molecule has 83 heavy (non-hydrogen) atoms. The molecule has 0 aliphatic carbocycles. The van der Waals surface area contributed by atoms with Crippen molar-refractivity contribution in [3.8, 4) is 0 Å². The van der Waals surface area contributed by atoms with Gasteiger partial charge in [-0.05, 0) is 116 Å². The lowest BCUT2D eigenvalue weighted by Crippen LogP contribution is -2.30. The molecule has 1 unspecified atom stereocenters. The van der Waals surface area contributed by atoms with Gasteiger partial charge in [-0.15, -0.1) is 0 Å². The zero-order valence-electron chi connectivity index (χ0n) is 54.9. The van der Waals surface area contributed by atoms with E-state index in [2.05, 4.69) is 118 Å². The fourth-order valence-corrected chi connectivity index (χ4v) is 10.3. The summed E-state index contributed by atoms with van der Waals surface area (Å²) in [6.45, 7) is 6.42. The van der Waals surface area contributed by atoms with Gasteiger partial charge in [0.15, 0.2) is 6.10 Å². The first-order chi connectivity index (χ1) is 41.0. The quantitative estimate of drug-likeness (QED) is 0.0261. The highest BCUT2D eigenvalue weighted by Crippen LogP contribution is 2.18. The summed E-state index contributed by atoms with van der Waals surface area (Å²) in [6, 6.07) is 0. The molecule has 0 amide bonds. The average molecular weight is 1160 g/mol. The Morgan fingerprint density at radius 3 is 0.735 bits per heavy atom. The first-order valence-corrected chi connectivity index (χ1v) is 35.7. The number of ether oxygens (including phenoxy) is 3. The van der Waals surface area contributed by atoms with Crippen molar-refractivity contribution in [1.29, 1.82) is 0 Å². The summed E-state index contributed by atoms with van der Waals surface area (Å²) in [5.41, 5.74) is 0. The maximum atomic E-state index is 12.9. The summed E-state index contributed by atoms with van der Waals surface area (Å²) in [6.07, 6.45) is 95.9. The lowest BCUT2D eigenvalue weighted by Gasteiger charge is -2.18. The number of hydrogen-bond donors (Lipinski definition) is 0. The first-order valence-electron chi connectivity index (χ1n) is 35.7. The molecule has 0 aliphatic heterocycles. The fraction of sp³-hybridized carbons (Fsp3) is 0.753. The predicted molar refractivity (Wildman–Crippen MR) is 362 cm³/mol. The van der Waals surface area contributed by atoms with Crippen molar-refractivity contribution in [1.82, 2.24) is 0 Å². The van der Waals surface area contributed by atoms with Crippen LogP contribution < -0.4 is 0 Å². The number of allylic oxidation sites excluding steroid dienone is 16. The summed E-state index contributed by atoms with van der Waals surface area (Å²) >= 11 is 0. The van der Waals surface area contributed by atoms with Gasteiger partial charge in [-0.2, -0.15) is 0 Å². The third-order valence-corrected chi connectivity index (χ3v) is 15.6. The number of unbranched alkanes of at least 4 members (excludes halogenated alkanes) is 38. The molecule has 0 radical (unpaired) electrons. The maximum absolute atomic E-state index is 12.9. The van der Waals surface area contributed by atoms with Crippen LogP contribution in [0, 0.1) is 0 Å². The van der Waals surface area contributed by atoms with Crippen LogP contribution in [-0.4, -0.2) is 37.2 Å². The molecular formula is C77H134O6. The Hall–Kier alpha value is -3.67. The van der Waals surface area contributed by atoms with Gasteiger partial charge in [0.2, 0.25) is 0 Å². The molecule has 0 heterocycles. The van der Waals surface area contributed by atoms with Gasteiger partial charge in [-0.1, -0.05) is 317 Å². The molecule has 478 valence electrons. The van der Waals surface area contributed by atoms with Crippen LogP contribution in [0.5, 0.6) is 0 Å². The highest BCUT2D eigenvalue weighted by atomic mass is 16.6. The van der Waals surface area contributed by atoms with Crippen LogP contribution in [0.2, 0.25) is 0 Å².